The van der Waals surface area contributed by atoms with E-state index in [0.717, 1.165) is 19.3 Å². The molecule has 0 aliphatic heterocycles. The third kappa shape index (κ3) is 2.84. The highest BCUT2D eigenvalue weighted by Crippen LogP contribution is 2.60. The van der Waals surface area contributed by atoms with Gasteiger partial charge in [0.1, 0.15) is 11.5 Å². The molecule has 4 bridgehead atoms. The van der Waals surface area contributed by atoms with Crippen LogP contribution in [0.25, 0.3) is 16.7 Å². The lowest BCUT2D eigenvalue weighted by Crippen LogP contribution is -2.49. The first-order chi connectivity index (χ1) is 14.7. The van der Waals surface area contributed by atoms with Crippen molar-refractivity contribution in [3.05, 3.63) is 53.1 Å². The Labute approximate surface area is 177 Å². The number of alkyl halides is 3. The number of hydrogen-bond donors (Lipinski definition) is 0. The number of benzene rings is 1. The Morgan fingerprint density at radius 1 is 1.00 bits per heavy atom. The van der Waals surface area contributed by atoms with Gasteiger partial charge >= 0.3 is 6.18 Å². The molecule has 0 spiro atoms. The number of rotatable bonds is 2. The molecule has 4 aliphatic carbocycles. The van der Waals surface area contributed by atoms with E-state index >= 15 is 0 Å². The fourth-order valence-corrected chi connectivity index (χ4v) is 7.00. The molecule has 4 fully saturated rings. The van der Waals surface area contributed by atoms with Crippen molar-refractivity contribution in [2.24, 2.45) is 17.8 Å². The van der Waals surface area contributed by atoms with Crippen LogP contribution in [0.2, 0.25) is 0 Å². The van der Waals surface area contributed by atoms with Gasteiger partial charge < -0.3 is 0 Å². The topological polar surface area (TPSA) is 30.7 Å². The maximum Gasteiger partial charge on any atom is 0.417 e. The zero-order valence-electron chi connectivity index (χ0n) is 17.2. The van der Waals surface area contributed by atoms with Crippen LogP contribution < -0.4 is 0 Å². The van der Waals surface area contributed by atoms with Crippen molar-refractivity contribution in [2.75, 3.05) is 0 Å². The van der Waals surface area contributed by atoms with E-state index in [-0.39, 0.29) is 27.8 Å². The summed E-state index contributed by atoms with van der Waals surface area (Å²) >= 11 is 0. The summed E-state index contributed by atoms with van der Waals surface area (Å²) in [4.78, 5) is 4.81. The largest absolute Gasteiger partial charge is 0.417 e. The monoisotopic (exact) mass is 429 g/mol. The van der Waals surface area contributed by atoms with Crippen LogP contribution in [-0.4, -0.2) is 14.8 Å². The number of fused-ring (bicyclic) bond motifs is 1. The Balaban J connectivity index is 1.62. The van der Waals surface area contributed by atoms with Crippen molar-refractivity contribution < 1.29 is 17.6 Å². The fourth-order valence-electron chi connectivity index (χ4n) is 7.00. The van der Waals surface area contributed by atoms with Crippen molar-refractivity contribution >= 4 is 11.0 Å². The summed E-state index contributed by atoms with van der Waals surface area (Å²) in [5, 5.41) is 4.26. The van der Waals surface area contributed by atoms with Gasteiger partial charge in [0, 0.05) is 11.1 Å². The number of pyridine rings is 1. The lowest BCUT2D eigenvalue weighted by atomic mass is 9.48. The minimum Gasteiger partial charge on any atom is -0.232 e. The third-order valence-corrected chi connectivity index (χ3v) is 7.78. The first-order valence-corrected chi connectivity index (χ1v) is 11.0. The minimum atomic E-state index is -4.54. The second-order valence-electron chi connectivity index (χ2n) is 9.90. The summed E-state index contributed by atoms with van der Waals surface area (Å²) in [7, 11) is 0. The molecular weight excluding hydrogens is 406 g/mol. The van der Waals surface area contributed by atoms with Crippen LogP contribution in [0.5, 0.6) is 0 Å². The summed E-state index contributed by atoms with van der Waals surface area (Å²) in [6, 6.07) is 7.27. The van der Waals surface area contributed by atoms with Gasteiger partial charge in [0.05, 0.1) is 16.6 Å². The van der Waals surface area contributed by atoms with Gasteiger partial charge in [-0.2, -0.15) is 18.3 Å². The van der Waals surface area contributed by atoms with Crippen molar-refractivity contribution in [1.29, 1.82) is 0 Å². The molecule has 3 aromatic rings. The molecule has 7 rings (SSSR count). The molecule has 2 aromatic heterocycles. The highest BCUT2D eigenvalue weighted by Gasteiger charge is 2.53. The average molecular weight is 429 g/mol. The minimum absolute atomic E-state index is 0.0377. The molecule has 0 amide bonds. The standard InChI is InChI=1S/C24H23F4N3/c1-13-21-17(24(26,27)28)9-20(23-10-14-6-15(11-23)8-16(7-14)12-23)29-22(21)31(30-13)19-5-3-2-4-18(19)25/h2-5,9,14-16H,6-8,10-12H2,1H3. The lowest BCUT2D eigenvalue weighted by molar-refractivity contribution is -0.136. The Kier molecular flexibility index (Phi) is 3.91. The molecule has 4 saturated carbocycles. The van der Waals surface area contributed by atoms with Gasteiger partial charge in [-0.1, -0.05) is 12.1 Å². The summed E-state index contributed by atoms with van der Waals surface area (Å²) in [6.07, 6.45) is 1.76. The molecule has 7 heteroatoms. The molecule has 0 radical (unpaired) electrons. The molecule has 4 aliphatic rings. The van der Waals surface area contributed by atoms with Crippen molar-refractivity contribution in [1.82, 2.24) is 14.8 Å². The number of halogens is 4. The van der Waals surface area contributed by atoms with E-state index in [2.05, 4.69) is 5.10 Å². The van der Waals surface area contributed by atoms with E-state index in [1.54, 1.807) is 12.1 Å². The number of para-hydroxylation sites is 1. The summed E-state index contributed by atoms with van der Waals surface area (Å²) in [5.41, 5.74) is -0.0734. The normalized spacial score (nSPS) is 29.8. The van der Waals surface area contributed by atoms with Gasteiger partial charge in [0.25, 0.3) is 0 Å². The van der Waals surface area contributed by atoms with Crippen LogP contribution in [0.4, 0.5) is 17.6 Å². The third-order valence-electron chi connectivity index (χ3n) is 7.78. The molecule has 0 N–H and O–H groups in total. The predicted octanol–water partition coefficient (Wildman–Crippen LogP) is 6.35. The smallest absolute Gasteiger partial charge is 0.232 e. The van der Waals surface area contributed by atoms with Gasteiger partial charge in [-0.25, -0.2) is 14.1 Å². The summed E-state index contributed by atoms with van der Waals surface area (Å²) in [6.45, 7) is 1.53. The quantitative estimate of drug-likeness (QED) is 0.444. The van der Waals surface area contributed by atoms with Crippen molar-refractivity contribution in [2.45, 2.75) is 57.0 Å². The number of hydrogen-bond acceptors (Lipinski definition) is 2. The predicted molar refractivity (Wildman–Crippen MR) is 108 cm³/mol. The number of aryl methyl sites for hydroxylation is 1. The van der Waals surface area contributed by atoms with E-state index in [4.69, 9.17) is 4.98 Å². The van der Waals surface area contributed by atoms with Crippen LogP contribution >= 0.6 is 0 Å². The molecule has 1 aromatic carbocycles. The van der Waals surface area contributed by atoms with Crippen molar-refractivity contribution in [3.63, 3.8) is 0 Å². The van der Waals surface area contributed by atoms with Gasteiger partial charge in [0.2, 0.25) is 0 Å². The van der Waals surface area contributed by atoms with Gasteiger partial charge in [-0.05, 0) is 81.4 Å². The second kappa shape index (κ2) is 6.30. The molecule has 2 heterocycles. The SMILES string of the molecule is Cc1nn(-c2ccccc2F)c2nc(C34CC5CC(CC(C5)C3)C4)cc(C(F)(F)F)c12. The van der Waals surface area contributed by atoms with Crippen LogP contribution in [0.15, 0.2) is 30.3 Å². The molecule has 0 unspecified atom stereocenters. The van der Waals surface area contributed by atoms with Crippen LogP contribution in [0, 0.1) is 30.5 Å². The molecule has 162 valence electrons. The zero-order chi connectivity index (χ0) is 21.5. The van der Waals surface area contributed by atoms with E-state index in [1.807, 2.05) is 0 Å². The van der Waals surface area contributed by atoms with E-state index in [1.165, 1.54) is 49.1 Å². The van der Waals surface area contributed by atoms with E-state index in [9.17, 15) is 17.6 Å². The second-order valence-corrected chi connectivity index (χ2v) is 9.90. The molecule has 0 saturated heterocycles. The highest BCUT2D eigenvalue weighted by molar-refractivity contribution is 5.84. The van der Waals surface area contributed by atoms with Gasteiger partial charge in [0.15, 0.2) is 5.65 Å². The lowest BCUT2D eigenvalue weighted by Gasteiger charge is -2.56. The maximum absolute atomic E-state index is 14.6. The van der Waals surface area contributed by atoms with Crippen LogP contribution in [-0.2, 0) is 11.6 Å². The molecule has 3 nitrogen and oxygen atoms in total. The Morgan fingerprint density at radius 2 is 1.61 bits per heavy atom. The van der Waals surface area contributed by atoms with Crippen LogP contribution in [0.3, 0.4) is 0 Å². The highest BCUT2D eigenvalue weighted by atomic mass is 19.4. The Hall–Kier alpha value is -2.44. The number of aromatic nitrogens is 3. The van der Waals surface area contributed by atoms with Crippen LogP contribution in [0.1, 0.15) is 55.5 Å². The van der Waals surface area contributed by atoms with Crippen molar-refractivity contribution in [3.8, 4) is 5.69 Å². The molecule has 31 heavy (non-hydrogen) atoms. The summed E-state index contributed by atoms with van der Waals surface area (Å²) < 4.78 is 58.4. The van der Waals surface area contributed by atoms with Gasteiger partial charge in [-0.15, -0.1) is 0 Å². The van der Waals surface area contributed by atoms with E-state index < -0.39 is 17.6 Å². The van der Waals surface area contributed by atoms with E-state index in [0.29, 0.717) is 23.4 Å². The molecular formula is C24H23F4N3. The Bertz CT molecular complexity index is 1160. The average Bonchev–Trinajstić information content (AvgIpc) is 3.02. The summed E-state index contributed by atoms with van der Waals surface area (Å²) in [5.74, 6) is 1.20. The molecule has 0 atom stereocenters. The number of nitrogens with zero attached hydrogens (tertiary/aromatic N) is 3. The first-order valence-electron chi connectivity index (χ1n) is 11.0. The fraction of sp³-hybridized carbons (Fsp3) is 0.500. The Morgan fingerprint density at radius 3 is 2.19 bits per heavy atom. The maximum atomic E-state index is 14.6. The zero-order valence-corrected chi connectivity index (χ0v) is 17.2. The van der Waals surface area contributed by atoms with Gasteiger partial charge in [-0.3, -0.25) is 0 Å². The first kappa shape index (κ1) is 19.3.